The number of nitrogens with one attached hydrogen (secondary N) is 3. The molecule has 2 aliphatic heterocycles. The minimum Gasteiger partial charge on any atom is -0.488 e. The van der Waals surface area contributed by atoms with Crippen molar-refractivity contribution in [2.24, 2.45) is 0 Å². The number of ether oxygens (including phenoxy) is 2. The van der Waals surface area contributed by atoms with Crippen LogP contribution in [-0.2, 0) is 20.9 Å². The third-order valence-electron chi connectivity index (χ3n) is 5.61. The first-order chi connectivity index (χ1) is 17.0. The van der Waals surface area contributed by atoms with E-state index in [0.717, 1.165) is 29.0 Å². The van der Waals surface area contributed by atoms with E-state index in [4.69, 9.17) is 9.47 Å². The maximum atomic E-state index is 13.9. The van der Waals surface area contributed by atoms with Crippen LogP contribution in [0.4, 0.5) is 14.5 Å². The predicted octanol–water partition coefficient (Wildman–Crippen LogP) is 3.60. The second-order valence-corrected chi connectivity index (χ2v) is 8.05. The lowest BCUT2D eigenvalue weighted by Gasteiger charge is -2.26. The summed E-state index contributed by atoms with van der Waals surface area (Å²) in [5.74, 6) is -0.522. The highest BCUT2D eigenvalue weighted by Gasteiger charge is 2.30. The number of hydrogen-bond acceptors (Lipinski definition) is 7. The van der Waals surface area contributed by atoms with E-state index in [1.807, 2.05) is 37.3 Å². The second-order valence-electron chi connectivity index (χ2n) is 8.05. The van der Waals surface area contributed by atoms with E-state index in [-0.39, 0.29) is 18.0 Å². The molecule has 4 rings (SSSR count). The van der Waals surface area contributed by atoms with Crippen molar-refractivity contribution in [3.8, 4) is 0 Å². The lowest BCUT2D eigenvalue weighted by Crippen LogP contribution is -2.41. The molecule has 1 unspecified atom stereocenters. The van der Waals surface area contributed by atoms with E-state index < -0.39 is 17.7 Å². The molecule has 2 aromatic rings. The molecule has 9 heteroatoms. The van der Waals surface area contributed by atoms with E-state index in [2.05, 4.69) is 16.1 Å². The van der Waals surface area contributed by atoms with Gasteiger partial charge in [-0.1, -0.05) is 36.4 Å². The van der Waals surface area contributed by atoms with Crippen LogP contribution in [0.2, 0.25) is 0 Å². The van der Waals surface area contributed by atoms with E-state index in [1.165, 1.54) is 6.07 Å². The predicted molar refractivity (Wildman–Crippen MR) is 129 cm³/mol. The molecule has 0 saturated heterocycles. The molecule has 1 atom stereocenters. The number of anilines is 1. The number of hydrazine groups is 1. The molecule has 7 nitrogen and oxygen atoms in total. The van der Waals surface area contributed by atoms with Crippen molar-refractivity contribution in [3.05, 3.63) is 101 Å². The van der Waals surface area contributed by atoms with Crippen molar-refractivity contribution in [2.75, 3.05) is 32.1 Å². The second kappa shape index (κ2) is 11.1. The van der Waals surface area contributed by atoms with Crippen LogP contribution < -0.4 is 16.1 Å². The number of benzene rings is 2. The Morgan fingerprint density at radius 2 is 1.86 bits per heavy atom. The average Bonchev–Trinajstić information content (AvgIpc) is 3.24. The largest absolute Gasteiger partial charge is 0.488 e. The van der Waals surface area contributed by atoms with Crippen molar-refractivity contribution >= 4 is 11.5 Å². The number of allylic oxidation sites excluding steroid dienone is 1. The zero-order valence-electron chi connectivity index (χ0n) is 19.6. The van der Waals surface area contributed by atoms with Gasteiger partial charge in [0.05, 0.1) is 18.8 Å². The Kier molecular flexibility index (Phi) is 7.67. The molecule has 0 aliphatic carbocycles. The van der Waals surface area contributed by atoms with Gasteiger partial charge < -0.3 is 25.1 Å². The molecule has 184 valence electrons. The summed E-state index contributed by atoms with van der Waals surface area (Å²) in [5.41, 5.74) is 5.41. The molecular weight excluding hydrogens is 454 g/mol. The van der Waals surface area contributed by atoms with Crippen LogP contribution in [-0.4, -0.2) is 43.6 Å². The highest BCUT2D eigenvalue weighted by molar-refractivity contribution is 5.90. The first kappa shape index (κ1) is 24.3. The Morgan fingerprint density at radius 1 is 1.11 bits per heavy atom. The number of carbonyl (C=O) groups is 1. The van der Waals surface area contributed by atoms with Gasteiger partial charge in [0.1, 0.15) is 35.7 Å². The lowest BCUT2D eigenvalue weighted by atomic mass is 10.1. The number of rotatable bonds is 10. The molecule has 0 fully saturated rings. The molecule has 2 aliphatic rings. The summed E-state index contributed by atoms with van der Waals surface area (Å²) in [7, 11) is 1.80. The van der Waals surface area contributed by atoms with Gasteiger partial charge in [0.15, 0.2) is 11.7 Å². The van der Waals surface area contributed by atoms with Crippen LogP contribution in [0.5, 0.6) is 0 Å². The number of halogens is 2. The lowest BCUT2D eigenvalue weighted by molar-refractivity contribution is -0.118. The van der Waals surface area contributed by atoms with E-state index >= 15 is 0 Å². The van der Waals surface area contributed by atoms with Crippen molar-refractivity contribution in [2.45, 2.75) is 19.6 Å². The smallest absolute Gasteiger partial charge is 0.190 e. The molecule has 0 radical (unpaired) electrons. The highest BCUT2D eigenvalue weighted by Crippen LogP contribution is 2.27. The van der Waals surface area contributed by atoms with Gasteiger partial charge in [-0.2, -0.15) is 0 Å². The van der Waals surface area contributed by atoms with Gasteiger partial charge >= 0.3 is 0 Å². The Morgan fingerprint density at radius 3 is 2.57 bits per heavy atom. The Labute approximate surface area is 203 Å². The quantitative estimate of drug-likeness (QED) is 0.478. The minimum absolute atomic E-state index is 0.240. The number of dihydropyridines is 1. The van der Waals surface area contributed by atoms with Crippen molar-refractivity contribution in [3.63, 3.8) is 0 Å². The Hall–Kier alpha value is -3.85. The number of likely N-dealkylation sites (N-methyl/N-ethyl adjacent to an activating group) is 1. The highest BCUT2D eigenvalue weighted by atomic mass is 19.1. The third kappa shape index (κ3) is 5.81. The van der Waals surface area contributed by atoms with Crippen molar-refractivity contribution < 1.29 is 23.0 Å². The van der Waals surface area contributed by atoms with E-state index in [1.54, 1.807) is 24.2 Å². The molecule has 3 N–H and O–H groups in total. The monoisotopic (exact) mass is 482 g/mol. The third-order valence-corrected chi connectivity index (χ3v) is 5.61. The van der Waals surface area contributed by atoms with Crippen LogP contribution >= 0.6 is 0 Å². The summed E-state index contributed by atoms with van der Waals surface area (Å²) in [6.07, 6.45) is 3.59. The number of Topliss-reactive ketones (excluding diaryl/α,β-unsaturated/α-hetero) is 1. The van der Waals surface area contributed by atoms with Crippen LogP contribution in [0.1, 0.15) is 12.5 Å². The maximum Gasteiger partial charge on any atom is 0.190 e. The van der Waals surface area contributed by atoms with Crippen LogP contribution in [0, 0.1) is 11.6 Å². The van der Waals surface area contributed by atoms with Crippen molar-refractivity contribution in [1.82, 2.24) is 15.8 Å². The van der Waals surface area contributed by atoms with Crippen LogP contribution in [0.3, 0.4) is 0 Å². The molecule has 2 heterocycles. The standard InChI is InChI=1S/C26H28F2N4O3/c1-3-34-25-13-24(35-16-17-8-5-4-6-9-17)18(14-29-25)22-12-21(31-32(22)2)23(33)15-30-26-19(27)10-7-11-20(26)28/h4-13,21,29-31H,3,14-16H2,1-2H3. The number of ketones is 1. The molecule has 35 heavy (non-hydrogen) atoms. The van der Waals surface area contributed by atoms with Gasteiger partial charge in [-0.3, -0.25) is 4.79 Å². The molecule has 0 saturated carbocycles. The molecule has 0 amide bonds. The number of nitrogens with zero attached hydrogens (tertiary/aromatic N) is 1. The molecule has 0 bridgehead atoms. The Balaban J connectivity index is 1.52. The maximum absolute atomic E-state index is 13.9. The molecule has 0 spiro atoms. The fourth-order valence-electron chi connectivity index (χ4n) is 3.85. The number of para-hydroxylation sites is 1. The normalized spacial score (nSPS) is 17.5. The summed E-state index contributed by atoms with van der Waals surface area (Å²) in [6.45, 7) is 2.99. The first-order valence-electron chi connectivity index (χ1n) is 11.4. The van der Waals surface area contributed by atoms with Gasteiger partial charge in [-0.15, -0.1) is 0 Å². The fraction of sp³-hybridized carbons (Fsp3) is 0.269. The summed E-state index contributed by atoms with van der Waals surface area (Å²) in [4.78, 5) is 12.8. The van der Waals surface area contributed by atoms with E-state index in [9.17, 15) is 13.6 Å². The van der Waals surface area contributed by atoms with Crippen LogP contribution in [0.25, 0.3) is 0 Å². The number of hydrogen-bond donors (Lipinski definition) is 3. The summed E-state index contributed by atoms with van der Waals surface area (Å²) in [6, 6.07) is 12.7. The Bertz CT molecular complexity index is 1140. The van der Waals surface area contributed by atoms with Crippen molar-refractivity contribution in [1.29, 1.82) is 0 Å². The number of carbonyl (C=O) groups excluding carboxylic acids is 1. The van der Waals surface area contributed by atoms with Gasteiger partial charge in [0.25, 0.3) is 0 Å². The van der Waals surface area contributed by atoms with E-state index in [0.29, 0.717) is 31.4 Å². The summed E-state index contributed by atoms with van der Waals surface area (Å²) >= 11 is 0. The molecule has 2 aromatic carbocycles. The SMILES string of the molecule is CCOC1=CC(OCc2ccccc2)=C(C2=CC(C(=O)CNc3c(F)cccc3F)NN2C)CN1. The fourth-order valence-corrected chi connectivity index (χ4v) is 3.85. The zero-order chi connectivity index (χ0) is 24.8. The minimum atomic E-state index is -0.749. The molecule has 0 aromatic heterocycles. The van der Waals surface area contributed by atoms with Gasteiger partial charge in [-0.05, 0) is 30.7 Å². The summed E-state index contributed by atoms with van der Waals surface area (Å²) in [5, 5.41) is 7.54. The topological polar surface area (TPSA) is 74.9 Å². The van der Waals surface area contributed by atoms with Crippen LogP contribution in [0.15, 0.2) is 83.6 Å². The average molecular weight is 483 g/mol. The first-order valence-corrected chi connectivity index (χ1v) is 11.4. The van der Waals surface area contributed by atoms with Gasteiger partial charge in [0.2, 0.25) is 0 Å². The molecular formula is C26H28F2N4O3. The van der Waals surface area contributed by atoms with Gasteiger partial charge in [-0.25, -0.2) is 14.2 Å². The van der Waals surface area contributed by atoms with Gasteiger partial charge in [0, 0.05) is 25.2 Å². The zero-order valence-corrected chi connectivity index (χ0v) is 19.6. The summed E-state index contributed by atoms with van der Waals surface area (Å²) < 4.78 is 39.5.